The van der Waals surface area contributed by atoms with Gasteiger partial charge in [0.2, 0.25) is 0 Å². The minimum absolute atomic E-state index is 0.0549. The normalized spacial score (nSPS) is 11.8. The SMILES string of the molecule is FC(F)(F)c1cnc(CCBr)c(Cl)c1. The number of aryl methyl sites for hydroxylation is 1. The first kappa shape index (κ1) is 11.8. The largest absolute Gasteiger partial charge is 0.417 e. The van der Waals surface area contributed by atoms with Gasteiger partial charge in [-0.1, -0.05) is 27.5 Å². The summed E-state index contributed by atoms with van der Waals surface area (Å²) in [5, 5.41) is 0.671. The van der Waals surface area contributed by atoms with Gasteiger partial charge in [0.15, 0.2) is 0 Å². The van der Waals surface area contributed by atoms with Crippen LogP contribution >= 0.6 is 27.5 Å². The molecule has 0 saturated carbocycles. The Labute approximate surface area is 92.4 Å². The molecule has 0 bridgehead atoms. The quantitative estimate of drug-likeness (QED) is 0.756. The lowest BCUT2D eigenvalue weighted by Crippen LogP contribution is -2.06. The molecule has 0 unspecified atom stereocenters. The van der Waals surface area contributed by atoms with E-state index in [1.165, 1.54) is 0 Å². The van der Waals surface area contributed by atoms with E-state index in [-0.39, 0.29) is 5.02 Å². The predicted molar refractivity (Wildman–Crippen MR) is 51.7 cm³/mol. The van der Waals surface area contributed by atoms with Crippen LogP contribution in [-0.4, -0.2) is 10.3 Å². The van der Waals surface area contributed by atoms with E-state index in [0.29, 0.717) is 17.4 Å². The fraction of sp³-hybridized carbons (Fsp3) is 0.375. The molecule has 78 valence electrons. The molecule has 0 fully saturated rings. The monoisotopic (exact) mass is 287 g/mol. The lowest BCUT2D eigenvalue weighted by molar-refractivity contribution is -0.137. The van der Waals surface area contributed by atoms with E-state index in [1.54, 1.807) is 0 Å². The average molecular weight is 288 g/mol. The number of aromatic nitrogens is 1. The molecule has 14 heavy (non-hydrogen) atoms. The third-order valence-electron chi connectivity index (χ3n) is 1.58. The Morgan fingerprint density at radius 1 is 1.43 bits per heavy atom. The summed E-state index contributed by atoms with van der Waals surface area (Å²) in [6.45, 7) is 0. The Balaban J connectivity index is 3.01. The lowest BCUT2D eigenvalue weighted by Gasteiger charge is -2.08. The van der Waals surface area contributed by atoms with E-state index >= 15 is 0 Å². The van der Waals surface area contributed by atoms with Gasteiger partial charge in [-0.2, -0.15) is 13.2 Å². The number of hydrogen-bond acceptors (Lipinski definition) is 1. The van der Waals surface area contributed by atoms with Crippen molar-refractivity contribution in [1.29, 1.82) is 0 Å². The molecule has 0 aliphatic rings. The molecule has 0 N–H and O–H groups in total. The topological polar surface area (TPSA) is 12.9 Å². The highest BCUT2D eigenvalue weighted by molar-refractivity contribution is 9.09. The van der Waals surface area contributed by atoms with E-state index in [1.807, 2.05) is 0 Å². The van der Waals surface area contributed by atoms with E-state index in [2.05, 4.69) is 20.9 Å². The Morgan fingerprint density at radius 3 is 2.50 bits per heavy atom. The van der Waals surface area contributed by atoms with E-state index < -0.39 is 11.7 Å². The first-order chi connectivity index (χ1) is 6.45. The highest BCUT2D eigenvalue weighted by Gasteiger charge is 2.31. The molecule has 1 nitrogen and oxygen atoms in total. The van der Waals surface area contributed by atoms with Crippen molar-refractivity contribution in [1.82, 2.24) is 4.98 Å². The summed E-state index contributed by atoms with van der Waals surface area (Å²) in [5.41, 5.74) is -0.350. The van der Waals surface area contributed by atoms with Crippen molar-refractivity contribution in [3.63, 3.8) is 0 Å². The number of nitrogens with zero attached hydrogens (tertiary/aromatic N) is 1. The van der Waals surface area contributed by atoms with Crippen LogP contribution in [0.1, 0.15) is 11.3 Å². The second kappa shape index (κ2) is 4.49. The third kappa shape index (κ3) is 2.85. The average Bonchev–Trinajstić information content (AvgIpc) is 2.07. The molecule has 0 saturated heterocycles. The van der Waals surface area contributed by atoms with Crippen LogP contribution < -0.4 is 0 Å². The fourth-order valence-corrected chi connectivity index (χ4v) is 1.53. The standard InChI is InChI=1S/C8H6BrClF3N/c9-2-1-7-6(10)3-5(4-14-7)8(11,12)13/h3-4H,1-2H2. The summed E-state index contributed by atoms with van der Waals surface area (Å²) in [7, 11) is 0. The zero-order valence-corrected chi connectivity index (χ0v) is 9.25. The molecular weight excluding hydrogens is 282 g/mol. The van der Waals surface area contributed by atoms with Crippen LogP contribution in [0.2, 0.25) is 5.02 Å². The zero-order chi connectivity index (χ0) is 10.8. The van der Waals surface area contributed by atoms with Crippen molar-refractivity contribution < 1.29 is 13.2 Å². The Hall–Kier alpha value is -0.290. The molecule has 0 spiro atoms. The van der Waals surface area contributed by atoms with Gasteiger partial charge in [-0.15, -0.1) is 0 Å². The van der Waals surface area contributed by atoms with Gasteiger partial charge in [0.25, 0.3) is 0 Å². The van der Waals surface area contributed by atoms with Crippen LogP contribution in [0.25, 0.3) is 0 Å². The van der Waals surface area contributed by atoms with Crippen LogP contribution in [0.15, 0.2) is 12.3 Å². The second-order valence-electron chi connectivity index (χ2n) is 2.59. The van der Waals surface area contributed by atoms with Crippen LogP contribution in [-0.2, 0) is 12.6 Å². The highest BCUT2D eigenvalue weighted by atomic mass is 79.9. The van der Waals surface area contributed by atoms with Gasteiger partial charge in [-0.05, 0) is 6.07 Å². The number of hydrogen-bond donors (Lipinski definition) is 0. The van der Waals surface area contributed by atoms with Gasteiger partial charge in [0.05, 0.1) is 16.3 Å². The molecule has 1 rings (SSSR count). The van der Waals surface area contributed by atoms with Gasteiger partial charge in [0.1, 0.15) is 0 Å². The van der Waals surface area contributed by atoms with Gasteiger partial charge in [-0.25, -0.2) is 0 Å². The van der Waals surface area contributed by atoms with Crippen molar-refractivity contribution in [2.24, 2.45) is 0 Å². The number of rotatable bonds is 2. The van der Waals surface area contributed by atoms with Gasteiger partial charge in [0, 0.05) is 17.9 Å². The zero-order valence-electron chi connectivity index (χ0n) is 6.91. The molecular formula is C8H6BrClF3N. The van der Waals surface area contributed by atoms with Crippen molar-refractivity contribution in [2.75, 3.05) is 5.33 Å². The molecule has 0 amide bonds. The molecule has 6 heteroatoms. The van der Waals surface area contributed by atoms with Crippen molar-refractivity contribution in [3.05, 3.63) is 28.5 Å². The summed E-state index contributed by atoms with van der Waals surface area (Å²) in [5.74, 6) is 0. The highest BCUT2D eigenvalue weighted by Crippen LogP contribution is 2.31. The van der Waals surface area contributed by atoms with E-state index in [9.17, 15) is 13.2 Å². The number of halogens is 5. The summed E-state index contributed by atoms with van der Waals surface area (Å²) >= 11 is 8.79. The minimum Gasteiger partial charge on any atom is -0.259 e. The molecule has 1 aromatic heterocycles. The lowest BCUT2D eigenvalue weighted by atomic mass is 10.2. The second-order valence-corrected chi connectivity index (χ2v) is 3.79. The van der Waals surface area contributed by atoms with Gasteiger partial charge < -0.3 is 0 Å². The first-order valence-electron chi connectivity index (χ1n) is 3.72. The maximum Gasteiger partial charge on any atom is 0.417 e. The summed E-state index contributed by atoms with van der Waals surface area (Å²) in [6, 6.07) is 0.895. The molecule has 0 aliphatic heterocycles. The Kier molecular flexibility index (Phi) is 3.78. The molecule has 0 atom stereocenters. The summed E-state index contributed by atoms with van der Waals surface area (Å²) in [4.78, 5) is 3.65. The van der Waals surface area contributed by atoms with Crippen molar-refractivity contribution in [2.45, 2.75) is 12.6 Å². The molecule has 1 heterocycles. The van der Waals surface area contributed by atoms with Crippen LogP contribution in [0.3, 0.4) is 0 Å². The third-order valence-corrected chi connectivity index (χ3v) is 2.30. The molecule has 1 aromatic rings. The Morgan fingerprint density at radius 2 is 2.07 bits per heavy atom. The van der Waals surface area contributed by atoms with Gasteiger partial charge in [-0.3, -0.25) is 4.98 Å². The molecule has 0 aliphatic carbocycles. The van der Waals surface area contributed by atoms with Crippen molar-refractivity contribution in [3.8, 4) is 0 Å². The number of alkyl halides is 4. The smallest absolute Gasteiger partial charge is 0.259 e. The number of pyridine rings is 1. The molecule has 0 radical (unpaired) electrons. The Bertz CT molecular complexity index is 327. The summed E-state index contributed by atoms with van der Waals surface area (Å²) in [6.07, 6.45) is -3.08. The maximum atomic E-state index is 12.2. The molecule has 0 aromatic carbocycles. The predicted octanol–water partition coefficient (Wildman–Crippen LogP) is 3.69. The fourth-order valence-electron chi connectivity index (χ4n) is 0.895. The minimum atomic E-state index is -4.39. The maximum absolute atomic E-state index is 12.2. The van der Waals surface area contributed by atoms with Crippen LogP contribution in [0.4, 0.5) is 13.2 Å². The first-order valence-corrected chi connectivity index (χ1v) is 5.22. The van der Waals surface area contributed by atoms with Crippen LogP contribution in [0, 0.1) is 0 Å². The van der Waals surface area contributed by atoms with E-state index in [0.717, 1.165) is 12.3 Å². The van der Waals surface area contributed by atoms with E-state index in [4.69, 9.17) is 11.6 Å². The summed E-state index contributed by atoms with van der Waals surface area (Å²) < 4.78 is 36.5. The van der Waals surface area contributed by atoms with Gasteiger partial charge >= 0.3 is 6.18 Å². The van der Waals surface area contributed by atoms with Crippen molar-refractivity contribution >= 4 is 27.5 Å². The van der Waals surface area contributed by atoms with Crippen LogP contribution in [0.5, 0.6) is 0 Å².